The number of pyridine rings is 1. The van der Waals surface area contributed by atoms with Gasteiger partial charge < -0.3 is 9.80 Å². The maximum Gasteiger partial charge on any atom is 0.255 e. The zero-order valence-corrected chi connectivity index (χ0v) is 13.8. The molecule has 2 aromatic heterocycles. The van der Waals surface area contributed by atoms with E-state index in [2.05, 4.69) is 10.2 Å². The van der Waals surface area contributed by atoms with Gasteiger partial charge in [-0.25, -0.2) is 0 Å². The Labute approximate surface area is 140 Å². The molecule has 0 radical (unpaired) electrons. The molecule has 1 aliphatic heterocycles. The summed E-state index contributed by atoms with van der Waals surface area (Å²) in [6.45, 7) is 3.92. The van der Waals surface area contributed by atoms with Crippen LogP contribution >= 0.6 is 0 Å². The van der Waals surface area contributed by atoms with Crippen LogP contribution in [0, 0.1) is 5.92 Å². The SMILES string of the molecule is CC(=O)N1CCN(C(=O)c2ccc3nnc(CC4CC4)n3c2)CC1. The van der Waals surface area contributed by atoms with Crippen LogP contribution in [0.3, 0.4) is 0 Å². The highest BCUT2D eigenvalue weighted by Crippen LogP contribution is 2.32. The summed E-state index contributed by atoms with van der Waals surface area (Å²) in [5.74, 6) is 1.73. The lowest BCUT2D eigenvalue weighted by Crippen LogP contribution is -2.50. The van der Waals surface area contributed by atoms with Crippen LogP contribution in [0.25, 0.3) is 5.65 Å². The van der Waals surface area contributed by atoms with Gasteiger partial charge in [0.2, 0.25) is 5.91 Å². The third-order valence-corrected chi connectivity index (χ3v) is 4.90. The van der Waals surface area contributed by atoms with Crippen molar-refractivity contribution in [2.75, 3.05) is 26.2 Å². The van der Waals surface area contributed by atoms with Crippen LogP contribution < -0.4 is 0 Å². The fourth-order valence-electron chi connectivity index (χ4n) is 3.19. The van der Waals surface area contributed by atoms with Crippen molar-refractivity contribution in [3.8, 4) is 0 Å². The molecule has 2 amide bonds. The lowest BCUT2D eigenvalue weighted by atomic mass is 10.2. The Morgan fingerprint density at radius 3 is 2.46 bits per heavy atom. The molecule has 24 heavy (non-hydrogen) atoms. The van der Waals surface area contributed by atoms with Crippen molar-refractivity contribution in [1.82, 2.24) is 24.4 Å². The second-order valence-electron chi connectivity index (χ2n) is 6.71. The Morgan fingerprint density at radius 1 is 1.08 bits per heavy atom. The van der Waals surface area contributed by atoms with Gasteiger partial charge in [0, 0.05) is 45.7 Å². The number of amides is 2. The molecular weight excluding hydrogens is 306 g/mol. The van der Waals surface area contributed by atoms with Crippen molar-refractivity contribution in [2.45, 2.75) is 26.2 Å². The lowest BCUT2D eigenvalue weighted by Gasteiger charge is -2.34. The number of nitrogens with zero attached hydrogens (tertiary/aromatic N) is 5. The molecule has 1 saturated heterocycles. The van der Waals surface area contributed by atoms with Gasteiger partial charge in [0.15, 0.2) is 5.65 Å². The van der Waals surface area contributed by atoms with E-state index in [1.807, 2.05) is 27.6 Å². The average Bonchev–Trinajstić information content (AvgIpc) is 3.33. The van der Waals surface area contributed by atoms with Gasteiger partial charge in [-0.1, -0.05) is 0 Å². The zero-order valence-electron chi connectivity index (χ0n) is 13.8. The fraction of sp³-hybridized carbons (Fsp3) is 0.529. The number of carbonyl (C=O) groups excluding carboxylic acids is 2. The number of fused-ring (bicyclic) bond motifs is 1. The number of aromatic nitrogens is 3. The Morgan fingerprint density at radius 2 is 1.79 bits per heavy atom. The monoisotopic (exact) mass is 327 g/mol. The number of hydrogen-bond donors (Lipinski definition) is 0. The van der Waals surface area contributed by atoms with Gasteiger partial charge >= 0.3 is 0 Å². The molecule has 7 nitrogen and oxygen atoms in total. The first kappa shape index (κ1) is 15.1. The lowest BCUT2D eigenvalue weighted by molar-refractivity contribution is -0.130. The molecule has 0 unspecified atom stereocenters. The summed E-state index contributed by atoms with van der Waals surface area (Å²) in [4.78, 5) is 27.7. The minimum Gasteiger partial charge on any atom is -0.339 e. The van der Waals surface area contributed by atoms with Crippen molar-refractivity contribution >= 4 is 17.5 Å². The quantitative estimate of drug-likeness (QED) is 0.843. The van der Waals surface area contributed by atoms with Crippen molar-refractivity contribution in [3.05, 3.63) is 29.7 Å². The fourth-order valence-corrected chi connectivity index (χ4v) is 3.19. The summed E-state index contributed by atoms with van der Waals surface area (Å²) in [7, 11) is 0. The minimum absolute atomic E-state index is 0.00572. The number of carbonyl (C=O) groups is 2. The van der Waals surface area contributed by atoms with Gasteiger partial charge in [-0.2, -0.15) is 0 Å². The largest absolute Gasteiger partial charge is 0.339 e. The first-order valence-corrected chi connectivity index (χ1v) is 8.50. The van der Waals surface area contributed by atoms with Crippen molar-refractivity contribution in [1.29, 1.82) is 0 Å². The molecule has 2 aliphatic rings. The Hall–Kier alpha value is -2.44. The van der Waals surface area contributed by atoms with Gasteiger partial charge in [0.1, 0.15) is 5.82 Å². The normalized spacial score (nSPS) is 18.2. The van der Waals surface area contributed by atoms with Gasteiger partial charge in [-0.15, -0.1) is 10.2 Å². The Kier molecular flexibility index (Phi) is 3.70. The van der Waals surface area contributed by atoms with Gasteiger partial charge in [0.05, 0.1) is 5.56 Å². The molecule has 7 heteroatoms. The van der Waals surface area contributed by atoms with Crippen molar-refractivity contribution in [2.24, 2.45) is 5.92 Å². The second-order valence-corrected chi connectivity index (χ2v) is 6.71. The third-order valence-electron chi connectivity index (χ3n) is 4.90. The van der Waals surface area contributed by atoms with E-state index in [0.29, 0.717) is 31.7 Å². The summed E-state index contributed by atoms with van der Waals surface area (Å²) in [6.07, 6.45) is 5.30. The predicted octanol–water partition coefficient (Wildman–Crippen LogP) is 0.986. The predicted molar refractivity (Wildman–Crippen MR) is 87.6 cm³/mol. The Balaban J connectivity index is 1.52. The third kappa shape index (κ3) is 2.86. The molecule has 1 aliphatic carbocycles. The van der Waals surface area contributed by atoms with Crippen LogP contribution in [-0.4, -0.2) is 62.4 Å². The van der Waals surface area contributed by atoms with E-state index in [0.717, 1.165) is 23.8 Å². The van der Waals surface area contributed by atoms with E-state index in [9.17, 15) is 9.59 Å². The molecule has 3 heterocycles. The maximum atomic E-state index is 12.8. The first-order valence-electron chi connectivity index (χ1n) is 8.50. The van der Waals surface area contributed by atoms with Crippen LogP contribution in [0.5, 0.6) is 0 Å². The van der Waals surface area contributed by atoms with E-state index in [4.69, 9.17) is 0 Å². The van der Waals surface area contributed by atoms with Crippen LogP contribution in [0.15, 0.2) is 18.3 Å². The summed E-state index contributed by atoms with van der Waals surface area (Å²) < 4.78 is 1.94. The molecule has 1 saturated carbocycles. The number of rotatable bonds is 3. The van der Waals surface area contributed by atoms with E-state index >= 15 is 0 Å². The van der Waals surface area contributed by atoms with E-state index in [1.165, 1.54) is 12.8 Å². The Bertz CT molecular complexity index is 787. The molecule has 2 aromatic rings. The smallest absolute Gasteiger partial charge is 0.255 e. The molecule has 0 N–H and O–H groups in total. The highest BCUT2D eigenvalue weighted by Gasteiger charge is 2.26. The number of hydrogen-bond acceptors (Lipinski definition) is 4. The van der Waals surface area contributed by atoms with Crippen LogP contribution in [-0.2, 0) is 11.2 Å². The molecule has 0 spiro atoms. The van der Waals surface area contributed by atoms with Crippen molar-refractivity contribution in [3.63, 3.8) is 0 Å². The molecule has 2 fully saturated rings. The molecule has 126 valence electrons. The van der Waals surface area contributed by atoms with Crippen LogP contribution in [0.4, 0.5) is 0 Å². The summed E-state index contributed by atoms with van der Waals surface area (Å²) in [5, 5.41) is 8.45. The van der Waals surface area contributed by atoms with Gasteiger partial charge in [0.25, 0.3) is 5.91 Å². The average molecular weight is 327 g/mol. The number of piperazine rings is 1. The standard InChI is InChI=1S/C17H21N5O2/c1-12(23)20-6-8-21(9-7-20)17(24)14-4-5-15-18-19-16(22(15)11-14)10-13-2-3-13/h4-5,11,13H,2-3,6-10H2,1H3. The van der Waals surface area contributed by atoms with Crippen LogP contribution in [0.1, 0.15) is 35.9 Å². The van der Waals surface area contributed by atoms with Crippen LogP contribution in [0.2, 0.25) is 0 Å². The van der Waals surface area contributed by atoms with E-state index < -0.39 is 0 Å². The summed E-state index contributed by atoms with van der Waals surface area (Å²) in [5.41, 5.74) is 1.43. The topological polar surface area (TPSA) is 70.8 Å². The molecule has 0 bridgehead atoms. The highest BCUT2D eigenvalue weighted by molar-refractivity contribution is 5.94. The zero-order chi connectivity index (χ0) is 16.7. The van der Waals surface area contributed by atoms with E-state index in [1.54, 1.807) is 11.8 Å². The molecule has 0 atom stereocenters. The molecule has 0 aromatic carbocycles. The minimum atomic E-state index is 0.00572. The van der Waals surface area contributed by atoms with E-state index in [-0.39, 0.29) is 11.8 Å². The van der Waals surface area contributed by atoms with Gasteiger partial charge in [-0.05, 0) is 30.9 Å². The maximum absolute atomic E-state index is 12.8. The molecular formula is C17H21N5O2. The first-order chi connectivity index (χ1) is 11.6. The van der Waals surface area contributed by atoms with Crippen molar-refractivity contribution < 1.29 is 9.59 Å². The molecule has 4 rings (SSSR count). The summed E-state index contributed by atoms with van der Waals surface area (Å²) in [6, 6.07) is 3.66. The van der Waals surface area contributed by atoms with Gasteiger partial charge in [-0.3, -0.25) is 14.0 Å². The second kappa shape index (κ2) is 5.89. The highest BCUT2D eigenvalue weighted by atomic mass is 16.2. The summed E-state index contributed by atoms with van der Waals surface area (Å²) >= 11 is 0.